The number of benzene rings is 1. The van der Waals surface area contributed by atoms with E-state index in [0.29, 0.717) is 33.7 Å². The molecule has 2 heterocycles. The van der Waals surface area contributed by atoms with E-state index in [4.69, 9.17) is 16.3 Å². The van der Waals surface area contributed by atoms with Crippen LogP contribution in [0.5, 0.6) is 11.6 Å². The largest absolute Gasteiger partial charge is 0.438 e. The summed E-state index contributed by atoms with van der Waals surface area (Å²) in [5.74, 6) is 0.955. The van der Waals surface area contributed by atoms with Gasteiger partial charge in [0.05, 0.1) is 0 Å². The lowest BCUT2D eigenvalue weighted by Crippen LogP contribution is -2.01. The average Bonchev–Trinajstić information content (AvgIpc) is 2.87. The monoisotopic (exact) mass is 292 g/mol. The molecule has 0 radical (unpaired) electrons. The molecular weight excluding hydrogens is 283 g/mol. The highest BCUT2D eigenvalue weighted by atomic mass is 35.5. The molecule has 0 fully saturated rings. The number of aromatic nitrogens is 4. The molecule has 1 aromatic carbocycles. The first-order valence-electron chi connectivity index (χ1n) is 5.86. The van der Waals surface area contributed by atoms with Crippen molar-refractivity contribution < 1.29 is 9.13 Å². The Bertz CT molecular complexity index is 802. The van der Waals surface area contributed by atoms with Crippen LogP contribution in [0.25, 0.3) is 5.78 Å². The third kappa shape index (κ3) is 2.08. The minimum Gasteiger partial charge on any atom is -0.438 e. The molecule has 0 amide bonds. The maximum atomic E-state index is 13.3. The van der Waals surface area contributed by atoms with Crippen LogP contribution in [-0.2, 0) is 0 Å². The van der Waals surface area contributed by atoms with Gasteiger partial charge in [0.15, 0.2) is 0 Å². The third-order valence-electron chi connectivity index (χ3n) is 2.89. The van der Waals surface area contributed by atoms with Gasteiger partial charge in [-0.1, -0.05) is 11.6 Å². The SMILES string of the molecule is Cc1cc(Oc2c(C)c(Cl)nc3ncnn23)ccc1F. The molecule has 0 bridgehead atoms. The summed E-state index contributed by atoms with van der Waals surface area (Å²) in [6, 6.07) is 4.49. The first kappa shape index (κ1) is 12.8. The van der Waals surface area contributed by atoms with E-state index in [1.54, 1.807) is 26.0 Å². The Labute approximate surface area is 119 Å². The zero-order chi connectivity index (χ0) is 14.3. The van der Waals surface area contributed by atoms with E-state index in [2.05, 4.69) is 15.1 Å². The van der Waals surface area contributed by atoms with Gasteiger partial charge in [0.1, 0.15) is 23.0 Å². The van der Waals surface area contributed by atoms with Crippen LogP contribution in [0.4, 0.5) is 4.39 Å². The minimum atomic E-state index is -0.285. The number of rotatable bonds is 2. The van der Waals surface area contributed by atoms with Crippen LogP contribution in [0.1, 0.15) is 11.1 Å². The highest BCUT2D eigenvalue weighted by Gasteiger charge is 2.14. The fraction of sp³-hybridized carbons (Fsp3) is 0.154. The molecule has 3 rings (SSSR count). The average molecular weight is 293 g/mol. The topological polar surface area (TPSA) is 52.3 Å². The van der Waals surface area contributed by atoms with Gasteiger partial charge in [-0.3, -0.25) is 0 Å². The van der Waals surface area contributed by atoms with Crippen LogP contribution in [0.15, 0.2) is 24.5 Å². The van der Waals surface area contributed by atoms with E-state index in [1.807, 2.05) is 0 Å². The Kier molecular flexibility index (Phi) is 3.02. The number of halogens is 2. The molecular formula is C13H10ClFN4O. The Morgan fingerprint density at radius 1 is 1.30 bits per heavy atom. The van der Waals surface area contributed by atoms with Gasteiger partial charge in [0.25, 0.3) is 5.78 Å². The molecule has 0 aliphatic heterocycles. The zero-order valence-corrected chi connectivity index (χ0v) is 11.5. The molecule has 0 atom stereocenters. The summed E-state index contributed by atoms with van der Waals surface area (Å²) in [5, 5.41) is 4.33. The molecule has 0 N–H and O–H groups in total. The van der Waals surface area contributed by atoms with E-state index < -0.39 is 0 Å². The molecule has 0 aliphatic rings. The van der Waals surface area contributed by atoms with Gasteiger partial charge in [0.2, 0.25) is 5.88 Å². The predicted octanol–water partition coefficient (Wildman–Crippen LogP) is 3.33. The third-order valence-corrected chi connectivity index (χ3v) is 3.26. The van der Waals surface area contributed by atoms with E-state index in [0.717, 1.165) is 0 Å². The summed E-state index contributed by atoms with van der Waals surface area (Å²) in [6.07, 6.45) is 1.36. The van der Waals surface area contributed by atoms with Crippen LogP contribution in [0.3, 0.4) is 0 Å². The van der Waals surface area contributed by atoms with Crippen molar-refractivity contribution in [3.63, 3.8) is 0 Å². The van der Waals surface area contributed by atoms with E-state index >= 15 is 0 Å². The van der Waals surface area contributed by atoms with Crippen LogP contribution >= 0.6 is 11.6 Å². The van der Waals surface area contributed by atoms with E-state index in [1.165, 1.54) is 16.9 Å². The second-order valence-electron chi connectivity index (χ2n) is 4.32. The maximum Gasteiger partial charge on any atom is 0.256 e. The van der Waals surface area contributed by atoms with Crippen molar-refractivity contribution in [3.8, 4) is 11.6 Å². The molecule has 2 aromatic heterocycles. The van der Waals surface area contributed by atoms with Crippen molar-refractivity contribution in [2.24, 2.45) is 0 Å². The van der Waals surface area contributed by atoms with Crippen molar-refractivity contribution in [1.82, 2.24) is 19.6 Å². The van der Waals surface area contributed by atoms with Gasteiger partial charge in [-0.15, -0.1) is 0 Å². The van der Waals surface area contributed by atoms with Gasteiger partial charge >= 0.3 is 0 Å². The number of nitrogens with zero attached hydrogens (tertiary/aromatic N) is 4. The highest BCUT2D eigenvalue weighted by molar-refractivity contribution is 6.30. The molecule has 0 unspecified atom stereocenters. The van der Waals surface area contributed by atoms with Crippen molar-refractivity contribution in [2.75, 3.05) is 0 Å². The molecule has 0 spiro atoms. The van der Waals surface area contributed by atoms with Gasteiger partial charge in [-0.05, 0) is 37.6 Å². The molecule has 0 saturated carbocycles. The van der Waals surface area contributed by atoms with E-state index in [-0.39, 0.29) is 5.82 Å². The lowest BCUT2D eigenvalue weighted by molar-refractivity contribution is 0.440. The van der Waals surface area contributed by atoms with Crippen LogP contribution in [-0.4, -0.2) is 19.6 Å². The van der Waals surface area contributed by atoms with Gasteiger partial charge in [-0.2, -0.15) is 19.6 Å². The highest BCUT2D eigenvalue weighted by Crippen LogP contribution is 2.29. The number of fused-ring (bicyclic) bond motifs is 1. The van der Waals surface area contributed by atoms with Crippen molar-refractivity contribution in [3.05, 3.63) is 46.6 Å². The summed E-state index contributed by atoms with van der Waals surface area (Å²) in [7, 11) is 0. The quantitative estimate of drug-likeness (QED) is 0.680. The van der Waals surface area contributed by atoms with Crippen molar-refractivity contribution >= 4 is 17.4 Å². The minimum absolute atomic E-state index is 0.285. The Morgan fingerprint density at radius 2 is 2.10 bits per heavy atom. The first-order valence-corrected chi connectivity index (χ1v) is 6.24. The van der Waals surface area contributed by atoms with Crippen molar-refractivity contribution in [2.45, 2.75) is 13.8 Å². The summed E-state index contributed by atoms with van der Waals surface area (Å²) in [4.78, 5) is 8.05. The molecule has 20 heavy (non-hydrogen) atoms. The number of hydrogen-bond donors (Lipinski definition) is 0. The molecule has 0 saturated heterocycles. The fourth-order valence-corrected chi connectivity index (χ4v) is 1.94. The first-order chi connectivity index (χ1) is 9.56. The second-order valence-corrected chi connectivity index (χ2v) is 4.68. The van der Waals surface area contributed by atoms with Crippen molar-refractivity contribution in [1.29, 1.82) is 0 Å². The van der Waals surface area contributed by atoms with Crippen LogP contribution < -0.4 is 4.74 Å². The number of hydrogen-bond acceptors (Lipinski definition) is 4. The van der Waals surface area contributed by atoms with Gasteiger partial charge in [-0.25, -0.2) is 4.39 Å². The summed E-state index contributed by atoms with van der Waals surface area (Å²) >= 11 is 6.04. The zero-order valence-electron chi connectivity index (χ0n) is 10.8. The molecule has 7 heteroatoms. The van der Waals surface area contributed by atoms with Gasteiger partial charge in [0, 0.05) is 5.56 Å². The number of aryl methyl sites for hydroxylation is 1. The van der Waals surface area contributed by atoms with Crippen LogP contribution in [0.2, 0.25) is 5.15 Å². The Hall–Kier alpha value is -2.21. The molecule has 5 nitrogen and oxygen atoms in total. The summed E-state index contributed by atoms with van der Waals surface area (Å²) < 4.78 is 20.5. The lowest BCUT2D eigenvalue weighted by atomic mass is 10.2. The number of ether oxygens (including phenoxy) is 1. The molecule has 3 aromatic rings. The maximum absolute atomic E-state index is 13.3. The lowest BCUT2D eigenvalue weighted by Gasteiger charge is -2.11. The standard InChI is InChI=1S/C13H10ClFN4O/c1-7-5-9(3-4-10(7)15)20-12-8(2)11(14)18-13-16-6-17-19(12)13/h3-6H,1-2H3. The Morgan fingerprint density at radius 3 is 2.85 bits per heavy atom. The molecule has 102 valence electrons. The smallest absolute Gasteiger partial charge is 0.256 e. The predicted molar refractivity (Wildman–Crippen MR) is 71.7 cm³/mol. The van der Waals surface area contributed by atoms with E-state index in [9.17, 15) is 4.39 Å². The Balaban J connectivity index is 2.11. The fourth-order valence-electron chi connectivity index (χ4n) is 1.79. The molecule has 0 aliphatic carbocycles. The summed E-state index contributed by atoms with van der Waals surface area (Å²) in [6.45, 7) is 3.43. The summed E-state index contributed by atoms with van der Waals surface area (Å²) in [5.41, 5.74) is 1.13. The second kappa shape index (κ2) is 4.72. The normalized spacial score (nSPS) is 11.0. The van der Waals surface area contributed by atoms with Gasteiger partial charge < -0.3 is 4.74 Å². The van der Waals surface area contributed by atoms with Crippen LogP contribution in [0, 0.1) is 19.7 Å².